The number of likely N-dealkylation sites (N-methyl/N-ethyl adjacent to an activating group) is 1. The third-order valence-corrected chi connectivity index (χ3v) is 5.67. The van der Waals surface area contributed by atoms with E-state index < -0.39 is 16.1 Å². The first-order chi connectivity index (χ1) is 12.6. The molecular formula is C19H22Cl2N2O3S. The highest BCUT2D eigenvalue weighted by atomic mass is 35.5. The maximum absolute atomic E-state index is 13.1. The molecule has 0 N–H and O–H groups in total. The van der Waals surface area contributed by atoms with Gasteiger partial charge in [0.25, 0.3) is 0 Å². The van der Waals surface area contributed by atoms with E-state index >= 15 is 0 Å². The molecule has 2 rings (SSSR count). The number of carbonyl (C=O) groups is 1. The van der Waals surface area contributed by atoms with Crippen LogP contribution in [0.15, 0.2) is 48.5 Å². The van der Waals surface area contributed by atoms with Crippen LogP contribution in [0.5, 0.6) is 0 Å². The predicted octanol–water partition coefficient (Wildman–Crippen LogP) is 4.20. The Morgan fingerprint density at radius 1 is 1.07 bits per heavy atom. The molecule has 8 heteroatoms. The Bertz CT molecular complexity index is 884. The summed E-state index contributed by atoms with van der Waals surface area (Å²) in [5.41, 5.74) is 1.23. The summed E-state index contributed by atoms with van der Waals surface area (Å²) >= 11 is 12.1. The van der Waals surface area contributed by atoms with Crippen LogP contribution in [0.4, 0.5) is 5.69 Å². The van der Waals surface area contributed by atoms with Crippen molar-refractivity contribution in [3.05, 3.63) is 64.1 Å². The van der Waals surface area contributed by atoms with E-state index in [1.54, 1.807) is 14.0 Å². The number of sulfonamides is 1. The van der Waals surface area contributed by atoms with Crippen LogP contribution in [0.25, 0.3) is 0 Å². The van der Waals surface area contributed by atoms with Crippen LogP contribution in [0.1, 0.15) is 18.9 Å². The SMILES string of the molecule is CCC(C(=O)N(C)Cc1ccccc1)N(c1cc(Cl)cc(Cl)c1)S(C)(=O)=O. The van der Waals surface area contributed by atoms with Crippen LogP contribution in [0.3, 0.4) is 0 Å². The zero-order chi connectivity index (χ0) is 20.2. The van der Waals surface area contributed by atoms with Crippen molar-refractivity contribution in [2.75, 3.05) is 17.6 Å². The van der Waals surface area contributed by atoms with E-state index in [4.69, 9.17) is 23.2 Å². The quantitative estimate of drug-likeness (QED) is 0.663. The molecular weight excluding hydrogens is 407 g/mol. The van der Waals surface area contributed by atoms with Gasteiger partial charge in [0.15, 0.2) is 0 Å². The molecule has 146 valence electrons. The Balaban J connectivity index is 2.38. The number of amides is 1. The molecule has 0 aliphatic carbocycles. The van der Waals surface area contributed by atoms with Crippen molar-refractivity contribution in [1.29, 1.82) is 0 Å². The monoisotopic (exact) mass is 428 g/mol. The molecule has 27 heavy (non-hydrogen) atoms. The Morgan fingerprint density at radius 2 is 1.63 bits per heavy atom. The van der Waals surface area contributed by atoms with Gasteiger partial charge in [0.2, 0.25) is 15.9 Å². The first kappa shape index (κ1) is 21.5. The molecule has 5 nitrogen and oxygen atoms in total. The van der Waals surface area contributed by atoms with E-state index in [9.17, 15) is 13.2 Å². The van der Waals surface area contributed by atoms with E-state index in [0.29, 0.717) is 23.0 Å². The van der Waals surface area contributed by atoms with Crippen molar-refractivity contribution in [2.24, 2.45) is 0 Å². The topological polar surface area (TPSA) is 57.7 Å². The lowest BCUT2D eigenvalue weighted by Gasteiger charge is -2.33. The van der Waals surface area contributed by atoms with Crippen LogP contribution < -0.4 is 4.31 Å². The Morgan fingerprint density at radius 3 is 2.11 bits per heavy atom. The average molecular weight is 429 g/mol. The number of hydrogen-bond donors (Lipinski definition) is 0. The maximum atomic E-state index is 13.1. The minimum Gasteiger partial charge on any atom is -0.340 e. The van der Waals surface area contributed by atoms with Crippen molar-refractivity contribution in [3.8, 4) is 0 Å². The van der Waals surface area contributed by atoms with Gasteiger partial charge in [-0.3, -0.25) is 9.10 Å². The zero-order valence-corrected chi connectivity index (χ0v) is 17.7. The standard InChI is InChI=1S/C19H22Cl2N2O3S/c1-4-18(19(24)22(2)13-14-8-6-5-7-9-14)23(27(3,25)26)17-11-15(20)10-16(21)12-17/h5-12,18H,4,13H2,1-3H3. The van der Waals surface area contributed by atoms with Crippen molar-refractivity contribution in [2.45, 2.75) is 25.9 Å². The molecule has 0 spiro atoms. The van der Waals surface area contributed by atoms with Crippen LogP contribution in [0, 0.1) is 0 Å². The van der Waals surface area contributed by atoms with Crippen LogP contribution in [0.2, 0.25) is 10.0 Å². The summed E-state index contributed by atoms with van der Waals surface area (Å²) in [6.07, 6.45) is 1.37. The second-order valence-corrected chi connectivity index (χ2v) is 9.02. The van der Waals surface area contributed by atoms with Crippen molar-refractivity contribution in [3.63, 3.8) is 0 Å². The number of benzene rings is 2. The van der Waals surface area contributed by atoms with E-state index in [-0.39, 0.29) is 11.6 Å². The summed E-state index contributed by atoms with van der Waals surface area (Å²) < 4.78 is 26.1. The number of hydrogen-bond acceptors (Lipinski definition) is 3. The molecule has 0 aliphatic rings. The molecule has 0 saturated carbocycles. The third-order valence-electron chi connectivity index (χ3n) is 4.05. The lowest BCUT2D eigenvalue weighted by Crippen LogP contribution is -2.49. The van der Waals surface area contributed by atoms with Gasteiger partial charge < -0.3 is 4.90 Å². The van der Waals surface area contributed by atoms with E-state index in [0.717, 1.165) is 16.1 Å². The summed E-state index contributed by atoms with van der Waals surface area (Å²) in [6, 6.07) is 13.1. The highest BCUT2D eigenvalue weighted by Crippen LogP contribution is 2.30. The Hall–Kier alpha value is -1.76. The summed E-state index contributed by atoms with van der Waals surface area (Å²) in [4.78, 5) is 14.6. The fraction of sp³-hybridized carbons (Fsp3) is 0.316. The van der Waals surface area contributed by atoms with E-state index in [2.05, 4.69) is 0 Å². The number of nitrogens with zero attached hydrogens (tertiary/aromatic N) is 2. The van der Waals surface area contributed by atoms with E-state index in [1.807, 2.05) is 30.3 Å². The van der Waals surface area contributed by atoms with Crippen LogP contribution >= 0.6 is 23.2 Å². The third kappa shape index (κ3) is 5.61. The molecule has 0 aromatic heterocycles. The van der Waals surface area contributed by atoms with Gasteiger partial charge in [-0.2, -0.15) is 0 Å². The van der Waals surface area contributed by atoms with Gasteiger partial charge in [0.1, 0.15) is 6.04 Å². The van der Waals surface area contributed by atoms with Gasteiger partial charge in [0.05, 0.1) is 11.9 Å². The molecule has 1 unspecified atom stereocenters. The summed E-state index contributed by atoms with van der Waals surface area (Å²) in [5.74, 6) is -0.303. The molecule has 0 bridgehead atoms. The minimum absolute atomic E-state index is 0.267. The minimum atomic E-state index is -3.75. The first-order valence-electron chi connectivity index (χ1n) is 8.38. The summed E-state index contributed by atoms with van der Waals surface area (Å²) in [6.45, 7) is 2.15. The maximum Gasteiger partial charge on any atom is 0.246 e. The number of anilines is 1. The Kier molecular flexibility index (Phi) is 7.14. The zero-order valence-electron chi connectivity index (χ0n) is 15.4. The molecule has 0 fully saturated rings. The number of carbonyl (C=O) groups excluding carboxylic acids is 1. The molecule has 2 aromatic carbocycles. The smallest absolute Gasteiger partial charge is 0.246 e. The Labute approximate surface area is 170 Å². The van der Waals surface area contributed by atoms with Gasteiger partial charge >= 0.3 is 0 Å². The summed E-state index contributed by atoms with van der Waals surface area (Å²) in [5, 5.41) is 0.595. The largest absolute Gasteiger partial charge is 0.340 e. The van der Waals surface area contributed by atoms with Gasteiger partial charge in [-0.1, -0.05) is 60.5 Å². The molecule has 2 aromatic rings. The molecule has 0 heterocycles. The molecule has 1 amide bonds. The molecule has 0 saturated heterocycles. The first-order valence-corrected chi connectivity index (χ1v) is 11.0. The fourth-order valence-electron chi connectivity index (χ4n) is 2.90. The predicted molar refractivity (Wildman–Crippen MR) is 111 cm³/mol. The molecule has 1 atom stereocenters. The van der Waals surface area contributed by atoms with Crippen molar-refractivity contribution in [1.82, 2.24) is 4.90 Å². The van der Waals surface area contributed by atoms with Crippen molar-refractivity contribution < 1.29 is 13.2 Å². The molecule has 0 radical (unpaired) electrons. The van der Waals surface area contributed by atoms with E-state index in [1.165, 1.54) is 23.1 Å². The second kappa shape index (κ2) is 8.95. The molecule has 0 aliphatic heterocycles. The fourth-order valence-corrected chi connectivity index (χ4v) is 4.60. The van der Waals surface area contributed by atoms with Gasteiger partial charge in [-0.15, -0.1) is 0 Å². The lowest BCUT2D eigenvalue weighted by molar-refractivity contribution is -0.131. The number of halogens is 2. The normalized spacial score (nSPS) is 12.5. The second-order valence-electron chi connectivity index (χ2n) is 6.29. The van der Waals surface area contributed by atoms with Gasteiger partial charge in [-0.05, 0) is 30.2 Å². The average Bonchev–Trinajstić information content (AvgIpc) is 2.57. The van der Waals surface area contributed by atoms with Gasteiger partial charge in [0, 0.05) is 23.6 Å². The lowest BCUT2D eigenvalue weighted by atomic mass is 10.1. The van der Waals surface area contributed by atoms with Crippen LogP contribution in [-0.4, -0.2) is 38.6 Å². The highest BCUT2D eigenvalue weighted by molar-refractivity contribution is 7.92. The summed E-state index contributed by atoms with van der Waals surface area (Å²) in [7, 11) is -2.09. The number of rotatable bonds is 7. The van der Waals surface area contributed by atoms with Crippen molar-refractivity contribution >= 4 is 44.8 Å². The van der Waals surface area contributed by atoms with Crippen LogP contribution in [-0.2, 0) is 21.4 Å². The van der Waals surface area contributed by atoms with Gasteiger partial charge in [-0.25, -0.2) is 8.42 Å². The highest BCUT2D eigenvalue weighted by Gasteiger charge is 2.33.